The van der Waals surface area contributed by atoms with Crippen LogP contribution >= 0.6 is 11.3 Å². The Balaban J connectivity index is 2.17. The lowest BCUT2D eigenvalue weighted by molar-refractivity contribution is -0.140. The summed E-state index contributed by atoms with van der Waals surface area (Å²) in [6.07, 6.45) is 4.71. The summed E-state index contributed by atoms with van der Waals surface area (Å²) >= 11 is 1.24. The zero-order valence-corrected chi connectivity index (χ0v) is 23.2. The van der Waals surface area contributed by atoms with Gasteiger partial charge in [0.2, 0.25) is 16.9 Å². The van der Waals surface area contributed by atoms with Crippen molar-refractivity contribution in [1.29, 1.82) is 0 Å². The van der Waals surface area contributed by atoms with Gasteiger partial charge in [-0.2, -0.15) is 0 Å². The highest BCUT2D eigenvalue weighted by Gasteiger charge is 2.36. The van der Waals surface area contributed by atoms with Crippen LogP contribution in [0.4, 0.5) is 5.13 Å². The number of nitrogens with one attached hydrogen (secondary N) is 2. The lowest BCUT2D eigenvalue weighted by atomic mass is 9.95. The number of carbonyl (C=O) groups is 3. The van der Waals surface area contributed by atoms with Crippen LogP contribution in [-0.4, -0.2) is 75.5 Å². The molecule has 10 heteroatoms. The van der Waals surface area contributed by atoms with Crippen LogP contribution in [-0.2, 0) is 14.4 Å². The summed E-state index contributed by atoms with van der Waals surface area (Å²) in [6, 6.07) is -0.905. The molecule has 3 amide bonds. The summed E-state index contributed by atoms with van der Waals surface area (Å²) in [4.78, 5) is 43.4. The lowest BCUT2D eigenvalue weighted by Crippen LogP contribution is -2.58. The van der Waals surface area contributed by atoms with Crippen LogP contribution in [0.15, 0.2) is 17.2 Å². The number of anilines is 1. The van der Waals surface area contributed by atoms with Crippen molar-refractivity contribution in [1.82, 2.24) is 25.3 Å². The Kier molecular flexibility index (Phi) is 10.8. The smallest absolute Gasteiger partial charge is 0.252 e. The summed E-state index contributed by atoms with van der Waals surface area (Å²) in [5.74, 6) is -0.543. The molecule has 1 aliphatic rings. The average molecular weight is 507 g/mol. The molecule has 0 radical (unpaired) electrons. The van der Waals surface area contributed by atoms with E-state index in [2.05, 4.69) is 39.6 Å². The zero-order valence-electron chi connectivity index (χ0n) is 22.4. The van der Waals surface area contributed by atoms with Gasteiger partial charge in [-0.1, -0.05) is 51.5 Å². The Labute approximate surface area is 213 Å². The van der Waals surface area contributed by atoms with Crippen LogP contribution in [0.1, 0.15) is 67.7 Å². The number of hydrogen-bond donors (Lipinski definition) is 2. The second kappa shape index (κ2) is 13.1. The summed E-state index contributed by atoms with van der Waals surface area (Å²) in [6.45, 7) is 14.7. The second-order valence-corrected chi connectivity index (χ2v) is 11.1. The largest absolute Gasteiger partial charge is 0.343 e. The zero-order chi connectivity index (χ0) is 26.3. The van der Waals surface area contributed by atoms with Crippen molar-refractivity contribution in [2.24, 2.45) is 11.8 Å². The standard InChI is InChI=1S/C25H42N6O3S/c1-15(2)20(13-18(7)22(32)28-25-29-26-14-35-25)30(8)24(34)21(16(3)4)27-23(33)19-11-9-10-12-31(19)17(5)6/h13-17,19-21H,9-12H2,1-8H3,(H,27,33)(H,28,29,32)/b18-13+/t19?,20-,21+/m1/s1. The van der Waals surface area contributed by atoms with Gasteiger partial charge >= 0.3 is 0 Å². The monoisotopic (exact) mass is 506 g/mol. The molecule has 2 rings (SSSR count). The molecule has 0 saturated carbocycles. The molecular weight excluding hydrogens is 464 g/mol. The highest BCUT2D eigenvalue weighted by molar-refractivity contribution is 7.13. The van der Waals surface area contributed by atoms with Gasteiger partial charge in [0.05, 0.1) is 12.1 Å². The second-order valence-electron chi connectivity index (χ2n) is 10.3. The lowest BCUT2D eigenvalue weighted by Gasteiger charge is -2.39. The fraction of sp³-hybridized carbons (Fsp3) is 0.720. The molecular formula is C25H42N6O3S. The number of amides is 3. The van der Waals surface area contributed by atoms with E-state index in [1.165, 1.54) is 11.3 Å². The van der Waals surface area contributed by atoms with Gasteiger partial charge in [0.1, 0.15) is 11.6 Å². The van der Waals surface area contributed by atoms with Gasteiger partial charge < -0.3 is 10.2 Å². The van der Waals surface area contributed by atoms with E-state index >= 15 is 0 Å². The quantitative estimate of drug-likeness (QED) is 0.472. The summed E-state index contributed by atoms with van der Waals surface area (Å²) in [5, 5.41) is 13.8. The maximum atomic E-state index is 13.6. The Morgan fingerprint density at radius 1 is 1.14 bits per heavy atom. The van der Waals surface area contributed by atoms with Crippen LogP contribution in [0.2, 0.25) is 0 Å². The first-order chi connectivity index (χ1) is 16.4. The minimum absolute atomic E-state index is 0.0616. The number of rotatable bonds is 10. The van der Waals surface area contributed by atoms with Gasteiger partial charge in [0.15, 0.2) is 0 Å². The molecule has 1 aromatic heterocycles. The normalized spacial score (nSPS) is 19.1. The number of likely N-dealkylation sites (N-methyl/N-ethyl adjacent to an activating group) is 1. The molecule has 0 aliphatic carbocycles. The molecule has 0 spiro atoms. The fourth-order valence-corrected chi connectivity index (χ4v) is 4.93. The highest BCUT2D eigenvalue weighted by atomic mass is 32.1. The van der Waals surface area contributed by atoms with E-state index in [0.717, 1.165) is 25.8 Å². The van der Waals surface area contributed by atoms with Gasteiger partial charge in [-0.25, -0.2) is 0 Å². The summed E-state index contributed by atoms with van der Waals surface area (Å²) in [7, 11) is 1.74. The minimum atomic E-state index is -0.645. The summed E-state index contributed by atoms with van der Waals surface area (Å²) < 4.78 is 0. The van der Waals surface area contributed by atoms with Gasteiger partial charge in [-0.15, -0.1) is 10.2 Å². The van der Waals surface area contributed by atoms with E-state index in [9.17, 15) is 14.4 Å². The third-order valence-electron chi connectivity index (χ3n) is 6.58. The molecule has 1 aromatic rings. The third kappa shape index (κ3) is 7.83. The third-order valence-corrected chi connectivity index (χ3v) is 7.18. The molecule has 0 bridgehead atoms. The molecule has 35 heavy (non-hydrogen) atoms. The van der Waals surface area contributed by atoms with E-state index in [0.29, 0.717) is 10.7 Å². The topological polar surface area (TPSA) is 108 Å². The fourth-order valence-electron chi connectivity index (χ4n) is 4.49. The molecule has 9 nitrogen and oxygen atoms in total. The van der Waals surface area contributed by atoms with E-state index in [4.69, 9.17) is 0 Å². The average Bonchev–Trinajstić information content (AvgIpc) is 3.32. The van der Waals surface area contributed by atoms with Crippen LogP contribution in [0, 0.1) is 11.8 Å². The van der Waals surface area contributed by atoms with Gasteiger partial charge in [0.25, 0.3) is 5.91 Å². The number of carbonyl (C=O) groups excluding carboxylic acids is 3. The number of aromatic nitrogens is 2. The highest BCUT2D eigenvalue weighted by Crippen LogP contribution is 2.21. The van der Waals surface area contributed by atoms with E-state index in [1.807, 2.05) is 27.7 Å². The maximum absolute atomic E-state index is 13.6. The Hall–Kier alpha value is -2.33. The molecule has 2 heterocycles. The first-order valence-corrected chi connectivity index (χ1v) is 13.4. The van der Waals surface area contributed by atoms with Gasteiger partial charge in [-0.3, -0.25) is 24.6 Å². The van der Waals surface area contributed by atoms with Crippen molar-refractivity contribution >= 4 is 34.2 Å². The Morgan fingerprint density at radius 3 is 2.37 bits per heavy atom. The van der Waals surface area contributed by atoms with Crippen molar-refractivity contribution in [2.75, 3.05) is 18.9 Å². The molecule has 1 aliphatic heterocycles. The minimum Gasteiger partial charge on any atom is -0.343 e. The number of nitrogens with zero attached hydrogens (tertiary/aromatic N) is 4. The SMILES string of the molecule is C/C(=C\[C@H](C(C)C)N(C)C(=O)[C@@H](NC(=O)C1CCCCN1C(C)C)C(C)C)C(=O)Nc1nncs1. The molecule has 1 saturated heterocycles. The van der Waals surface area contributed by atoms with E-state index in [-0.39, 0.29) is 47.7 Å². The molecule has 3 atom stereocenters. The van der Waals surface area contributed by atoms with Crippen LogP contribution in [0.3, 0.4) is 0 Å². The van der Waals surface area contributed by atoms with Crippen molar-refractivity contribution in [3.63, 3.8) is 0 Å². The molecule has 196 valence electrons. The van der Waals surface area contributed by atoms with E-state index in [1.54, 1.807) is 30.5 Å². The first kappa shape index (κ1) is 28.9. The maximum Gasteiger partial charge on any atom is 0.252 e. The molecule has 2 N–H and O–H groups in total. The van der Waals surface area contributed by atoms with Crippen molar-refractivity contribution < 1.29 is 14.4 Å². The Morgan fingerprint density at radius 2 is 1.83 bits per heavy atom. The van der Waals surface area contributed by atoms with Gasteiger partial charge in [-0.05, 0) is 52.0 Å². The molecule has 0 aromatic carbocycles. The molecule has 1 unspecified atom stereocenters. The van der Waals surface area contributed by atoms with E-state index < -0.39 is 6.04 Å². The van der Waals surface area contributed by atoms with Gasteiger partial charge in [0, 0.05) is 18.7 Å². The first-order valence-electron chi connectivity index (χ1n) is 12.5. The van der Waals surface area contributed by atoms with Crippen LogP contribution in [0.25, 0.3) is 0 Å². The number of piperidine rings is 1. The summed E-state index contributed by atoms with van der Waals surface area (Å²) in [5.41, 5.74) is 2.03. The van der Waals surface area contributed by atoms with Crippen LogP contribution < -0.4 is 10.6 Å². The van der Waals surface area contributed by atoms with Crippen molar-refractivity contribution in [3.8, 4) is 0 Å². The predicted molar refractivity (Wildman–Crippen MR) is 140 cm³/mol. The predicted octanol–water partition coefficient (Wildman–Crippen LogP) is 3.31. The van der Waals surface area contributed by atoms with Crippen molar-refractivity contribution in [2.45, 2.75) is 91.9 Å². The van der Waals surface area contributed by atoms with Crippen LogP contribution in [0.5, 0.6) is 0 Å². The Bertz CT molecular complexity index is 884. The number of likely N-dealkylation sites (tertiary alicyclic amines) is 1. The van der Waals surface area contributed by atoms with Crippen molar-refractivity contribution in [3.05, 3.63) is 17.2 Å². The molecule has 1 fully saturated rings. The number of hydrogen-bond acceptors (Lipinski definition) is 7.